The molecule has 0 spiro atoms. The zero-order chi connectivity index (χ0) is 28.5. The molecule has 4 aromatic carbocycles. The number of halogens is 1. The molecule has 0 radical (unpaired) electrons. The van der Waals surface area contributed by atoms with Crippen molar-refractivity contribution in [2.45, 2.75) is 32.9 Å². The van der Waals surface area contributed by atoms with E-state index in [0.717, 1.165) is 26.4 Å². The number of carbonyl (C=O) groups excluding carboxylic acids is 2. The summed E-state index contributed by atoms with van der Waals surface area (Å²) in [6, 6.07) is 28.3. The summed E-state index contributed by atoms with van der Waals surface area (Å²) in [4.78, 5) is 29.1. The number of carbonyl (C=O) groups is 2. The van der Waals surface area contributed by atoms with Gasteiger partial charge in [0.05, 0.1) is 11.6 Å². The summed E-state index contributed by atoms with van der Waals surface area (Å²) in [6.45, 7) is 4.61. The Morgan fingerprint density at radius 2 is 1.62 bits per heavy atom. The highest BCUT2D eigenvalue weighted by Crippen LogP contribution is 2.33. The molecule has 0 heterocycles. The van der Waals surface area contributed by atoms with Crippen LogP contribution in [0.25, 0.3) is 10.8 Å². The van der Waals surface area contributed by atoms with Crippen LogP contribution in [0.2, 0.25) is 0 Å². The van der Waals surface area contributed by atoms with E-state index in [4.69, 9.17) is 9.47 Å². The van der Waals surface area contributed by atoms with Crippen molar-refractivity contribution in [1.82, 2.24) is 10.2 Å². The van der Waals surface area contributed by atoms with Crippen LogP contribution in [-0.2, 0) is 22.6 Å². The standard InChI is InChI=1S/C33H35BrN2O4/c1-23(2)20-35-33(38)29(19-24-10-5-4-6-11-24)36(21-25-12-9-14-27(18-25)39-3)31(37)22-40-30-17-16-26-13-7-8-15-28(26)32(30)34/h4-18,23,29H,19-22H2,1-3H3,(H,35,38). The Bertz CT molecular complexity index is 1440. The number of hydrogen-bond donors (Lipinski definition) is 1. The van der Waals surface area contributed by atoms with Crippen molar-refractivity contribution in [2.24, 2.45) is 5.92 Å². The maximum Gasteiger partial charge on any atom is 0.261 e. The van der Waals surface area contributed by atoms with E-state index in [1.54, 1.807) is 12.0 Å². The lowest BCUT2D eigenvalue weighted by molar-refractivity contribution is -0.142. The van der Waals surface area contributed by atoms with Crippen molar-refractivity contribution in [1.29, 1.82) is 0 Å². The van der Waals surface area contributed by atoms with Gasteiger partial charge in [0, 0.05) is 19.5 Å². The summed E-state index contributed by atoms with van der Waals surface area (Å²) in [6.07, 6.45) is 0.375. The third-order valence-corrected chi connectivity index (χ3v) is 7.44. The van der Waals surface area contributed by atoms with Gasteiger partial charge in [-0.1, -0.05) is 86.6 Å². The SMILES string of the molecule is COc1cccc(CN(C(=O)COc2ccc3ccccc3c2Br)C(Cc2ccccc2)C(=O)NCC(C)C)c1. The number of nitrogens with one attached hydrogen (secondary N) is 1. The predicted molar refractivity (Wildman–Crippen MR) is 162 cm³/mol. The van der Waals surface area contributed by atoms with Crippen LogP contribution < -0.4 is 14.8 Å². The Morgan fingerprint density at radius 3 is 2.38 bits per heavy atom. The smallest absolute Gasteiger partial charge is 0.261 e. The Balaban J connectivity index is 1.64. The highest BCUT2D eigenvalue weighted by atomic mass is 79.9. The van der Waals surface area contributed by atoms with Crippen molar-refractivity contribution in [3.8, 4) is 11.5 Å². The van der Waals surface area contributed by atoms with E-state index in [1.807, 2.05) is 105 Å². The number of benzene rings is 4. The number of fused-ring (bicyclic) bond motifs is 1. The lowest BCUT2D eigenvalue weighted by Gasteiger charge is -2.32. The van der Waals surface area contributed by atoms with Gasteiger partial charge in [-0.15, -0.1) is 0 Å². The van der Waals surface area contributed by atoms with Crippen LogP contribution in [0.15, 0.2) is 95.5 Å². The molecular weight excluding hydrogens is 568 g/mol. The van der Waals surface area contributed by atoms with Crippen molar-refractivity contribution >= 4 is 38.5 Å². The molecule has 0 aliphatic carbocycles. The number of methoxy groups -OCH3 is 1. The molecule has 6 nitrogen and oxygen atoms in total. The number of rotatable bonds is 12. The Labute approximate surface area is 244 Å². The fourth-order valence-electron chi connectivity index (χ4n) is 4.49. The molecule has 1 N–H and O–H groups in total. The Morgan fingerprint density at radius 1 is 0.900 bits per heavy atom. The van der Waals surface area contributed by atoms with Crippen LogP contribution in [0.5, 0.6) is 11.5 Å². The summed E-state index contributed by atoms with van der Waals surface area (Å²) in [5.74, 6) is 1.05. The summed E-state index contributed by atoms with van der Waals surface area (Å²) in [5, 5.41) is 5.11. The lowest BCUT2D eigenvalue weighted by Crippen LogP contribution is -2.52. The first-order chi connectivity index (χ1) is 19.4. The minimum Gasteiger partial charge on any atom is -0.497 e. The van der Waals surface area contributed by atoms with Crippen LogP contribution in [-0.4, -0.2) is 43.0 Å². The normalized spacial score (nSPS) is 11.7. The van der Waals surface area contributed by atoms with E-state index >= 15 is 0 Å². The van der Waals surface area contributed by atoms with Gasteiger partial charge in [0.1, 0.15) is 17.5 Å². The fourth-order valence-corrected chi connectivity index (χ4v) is 5.10. The first kappa shape index (κ1) is 29.2. The van der Waals surface area contributed by atoms with E-state index in [9.17, 15) is 9.59 Å². The number of hydrogen-bond acceptors (Lipinski definition) is 4. The molecule has 0 aromatic heterocycles. The first-order valence-corrected chi connectivity index (χ1v) is 14.2. The molecule has 7 heteroatoms. The van der Waals surface area contributed by atoms with E-state index in [-0.39, 0.29) is 30.9 Å². The van der Waals surface area contributed by atoms with Crippen molar-refractivity contribution in [3.05, 3.63) is 107 Å². The quantitative estimate of drug-likeness (QED) is 0.204. The molecule has 0 fully saturated rings. The average molecular weight is 604 g/mol. The van der Waals surface area contributed by atoms with Crippen LogP contribution >= 0.6 is 15.9 Å². The van der Waals surface area contributed by atoms with E-state index < -0.39 is 6.04 Å². The van der Waals surface area contributed by atoms with E-state index in [2.05, 4.69) is 21.2 Å². The van der Waals surface area contributed by atoms with Gasteiger partial charge in [-0.05, 0) is 61.9 Å². The minimum atomic E-state index is -0.733. The molecule has 40 heavy (non-hydrogen) atoms. The largest absolute Gasteiger partial charge is 0.497 e. The Hall–Kier alpha value is -3.84. The molecule has 4 rings (SSSR count). The summed E-state index contributed by atoms with van der Waals surface area (Å²) in [7, 11) is 1.61. The number of amides is 2. The van der Waals surface area contributed by atoms with Crippen molar-refractivity contribution < 1.29 is 19.1 Å². The van der Waals surface area contributed by atoms with Crippen LogP contribution in [0.3, 0.4) is 0 Å². The maximum absolute atomic E-state index is 13.9. The molecule has 2 amide bonds. The number of nitrogens with zero attached hydrogens (tertiary/aromatic N) is 1. The van der Waals surface area contributed by atoms with Gasteiger partial charge in [-0.2, -0.15) is 0 Å². The van der Waals surface area contributed by atoms with Gasteiger partial charge in [-0.3, -0.25) is 9.59 Å². The monoisotopic (exact) mass is 602 g/mol. The topological polar surface area (TPSA) is 67.9 Å². The second-order valence-electron chi connectivity index (χ2n) is 10.1. The molecule has 4 aromatic rings. The molecule has 0 saturated heterocycles. The van der Waals surface area contributed by atoms with Gasteiger partial charge in [-0.25, -0.2) is 0 Å². The highest BCUT2D eigenvalue weighted by molar-refractivity contribution is 9.10. The number of ether oxygens (including phenoxy) is 2. The molecule has 0 aliphatic heterocycles. The molecular formula is C33H35BrN2O4. The van der Waals surface area contributed by atoms with Crippen LogP contribution in [0.4, 0.5) is 0 Å². The van der Waals surface area contributed by atoms with Crippen molar-refractivity contribution in [3.63, 3.8) is 0 Å². The zero-order valence-electron chi connectivity index (χ0n) is 23.1. The van der Waals surface area contributed by atoms with Gasteiger partial charge in [0.2, 0.25) is 5.91 Å². The van der Waals surface area contributed by atoms with E-state index in [0.29, 0.717) is 24.5 Å². The summed E-state index contributed by atoms with van der Waals surface area (Å²) in [5.41, 5.74) is 1.82. The summed E-state index contributed by atoms with van der Waals surface area (Å²) >= 11 is 3.64. The third kappa shape index (κ3) is 7.63. The molecule has 0 saturated carbocycles. The fraction of sp³-hybridized carbons (Fsp3) is 0.273. The molecule has 1 unspecified atom stereocenters. The molecule has 1 atom stereocenters. The Kier molecular flexibility index (Phi) is 10.2. The third-order valence-electron chi connectivity index (χ3n) is 6.62. The molecule has 0 bridgehead atoms. The lowest BCUT2D eigenvalue weighted by atomic mass is 10.0. The minimum absolute atomic E-state index is 0.194. The maximum atomic E-state index is 13.9. The van der Waals surface area contributed by atoms with E-state index in [1.165, 1.54) is 0 Å². The van der Waals surface area contributed by atoms with Gasteiger partial charge >= 0.3 is 0 Å². The van der Waals surface area contributed by atoms with Crippen LogP contribution in [0.1, 0.15) is 25.0 Å². The highest BCUT2D eigenvalue weighted by Gasteiger charge is 2.31. The molecule has 0 aliphatic rings. The predicted octanol–water partition coefficient (Wildman–Crippen LogP) is 6.40. The van der Waals surface area contributed by atoms with Gasteiger partial charge < -0.3 is 19.7 Å². The summed E-state index contributed by atoms with van der Waals surface area (Å²) < 4.78 is 12.2. The van der Waals surface area contributed by atoms with Crippen molar-refractivity contribution in [2.75, 3.05) is 20.3 Å². The van der Waals surface area contributed by atoms with Gasteiger partial charge in [0.15, 0.2) is 6.61 Å². The average Bonchev–Trinajstić information content (AvgIpc) is 2.98. The zero-order valence-corrected chi connectivity index (χ0v) is 24.7. The van der Waals surface area contributed by atoms with Crippen LogP contribution in [0, 0.1) is 5.92 Å². The molecule has 208 valence electrons. The van der Waals surface area contributed by atoms with Gasteiger partial charge in [0.25, 0.3) is 5.91 Å². The second kappa shape index (κ2) is 14.0. The second-order valence-corrected chi connectivity index (χ2v) is 10.9. The first-order valence-electron chi connectivity index (χ1n) is 13.4.